The molecule has 1 atom stereocenters. The molecule has 7 nitrogen and oxygen atoms in total. The van der Waals surface area contributed by atoms with Gasteiger partial charge in [0.25, 0.3) is 0 Å². The van der Waals surface area contributed by atoms with Crippen molar-refractivity contribution in [3.8, 4) is 0 Å². The zero-order chi connectivity index (χ0) is 13.3. The number of carbonyl (C=O) groups excluding carboxylic acids is 2. The van der Waals surface area contributed by atoms with Gasteiger partial charge >= 0.3 is 5.97 Å². The third-order valence-electron chi connectivity index (χ3n) is 3.07. The molecule has 3 N–H and O–H groups in total. The molecule has 98 valence electrons. The molecule has 1 aliphatic rings. The average Bonchev–Trinajstić information content (AvgIpc) is 2.18. The van der Waals surface area contributed by atoms with Gasteiger partial charge in [0.1, 0.15) is 6.04 Å². The first kappa shape index (κ1) is 12.4. The molecule has 2 amide bonds. The van der Waals surface area contributed by atoms with Crippen LogP contribution in [0, 0.1) is 5.92 Å². The van der Waals surface area contributed by atoms with Crippen LogP contribution in [-0.4, -0.2) is 44.0 Å². The van der Waals surface area contributed by atoms with Crippen molar-refractivity contribution in [3.05, 3.63) is 11.9 Å². The normalized spacial score (nSPS) is 19.3. The van der Waals surface area contributed by atoms with Crippen LogP contribution >= 0.6 is 0 Å². The Balaban J connectivity index is 2.18. The molecule has 0 aliphatic carbocycles. The minimum absolute atomic E-state index is 0.0154. The van der Waals surface area contributed by atoms with Crippen LogP contribution in [0.5, 0.6) is 0 Å². The van der Waals surface area contributed by atoms with Crippen LogP contribution in [0.25, 0.3) is 0 Å². The van der Waals surface area contributed by atoms with Crippen molar-refractivity contribution >= 4 is 17.8 Å². The van der Waals surface area contributed by atoms with Gasteiger partial charge in [-0.25, -0.2) is 4.79 Å². The summed E-state index contributed by atoms with van der Waals surface area (Å²) in [6, 6.07) is -1.13. The Morgan fingerprint density at radius 1 is 1.50 bits per heavy atom. The number of likely N-dealkylation sites (tertiary alicyclic amines) is 1. The van der Waals surface area contributed by atoms with Gasteiger partial charge < -0.3 is 15.3 Å². The highest BCUT2D eigenvalue weighted by Crippen LogP contribution is 2.22. The van der Waals surface area contributed by atoms with Gasteiger partial charge in [-0.05, 0) is 5.92 Å². The standard InChI is InChI=1S/C11H15N3O4/c1-6-2-9(15)14(10(16)3-6)8(11(17)18)4-7-5-12-13-7/h5-6,8,12-13H,2-4H2,1H3,(H,17,18). The van der Waals surface area contributed by atoms with Crippen molar-refractivity contribution in [2.24, 2.45) is 5.92 Å². The van der Waals surface area contributed by atoms with Gasteiger partial charge in [0.15, 0.2) is 0 Å². The number of amides is 2. The maximum Gasteiger partial charge on any atom is 0.327 e. The summed E-state index contributed by atoms with van der Waals surface area (Å²) < 4.78 is 0. The fourth-order valence-electron chi connectivity index (χ4n) is 2.13. The van der Waals surface area contributed by atoms with Crippen LogP contribution in [0.3, 0.4) is 0 Å². The van der Waals surface area contributed by atoms with E-state index in [4.69, 9.17) is 0 Å². The molecule has 1 aromatic rings. The Kier molecular flexibility index (Phi) is 3.22. The molecule has 7 heteroatoms. The molecule has 0 bridgehead atoms. The summed E-state index contributed by atoms with van der Waals surface area (Å²) in [6.45, 7) is 1.81. The zero-order valence-corrected chi connectivity index (χ0v) is 9.97. The summed E-state index contributed by atoms with van der Waals surface area (Å²) in [5.41, 5.74) is 0.668. The molecule has 0 saturated carbocycles. The lowest BCUT2D eigenvalue weighted by Crippen LogP contribution is -2.53. The lowest BCUT2D eigenvalue weighted by molar-refractivity contribution is -0.161. The quantitative estimate of drug-likeness (QED) is 0.663. The van der Waals surface area contributed by atoms with Crippen LogP contribution < -0.4 is 0 Å². The van der Waals surface area contributed by atoms with E-state index < -0.39 is 23.8 Å². The molecule has 0 radical (unpaired) electrons. The van der Waals surface area contributed by atoms with Crippen LogP contribution in [0.15, 0.2) is 6.20 Å². The van der Waals surface area contributed by atoms with Crippen LogP contribution in [0.2, 0.25) is 0 Å². The largest absolute Gasteiger partial charge is 0.480 e. The average molecular weight is 253 g/mol. The number of hydrogen-bond acceptors (Lipinski definition) is 3. The number of nitrogens with one attached hydrogen (secondary N) is 2. The zero-order valence-electron chi connectivity index (χ0n) is 9.97. The van der Waals surface area contributed by atoms with Crippen molar-refractivity contribution in [3.63, 3.8) is 0 Å². The number of carboxylic acids is 1. The minimum Gasteiger partial charge on any atom is -0.480 e. The Morgan fingerprint density at radius 3 is 2.44 bits per heavy atom. The molecular weight excluding hydrogens is 238 g/mol. The Bertz CT molecular complexity index is 449. The SMILES string of the molecule is CC1CC(=O)N(C(Cc2c[nH][nH]2)C(=O)O)C(=O)C1. The second kappa shape index (κ2) is 4.67. The van der Waals surface area contributed by atoms with Gasteiger partial charge in [0.05, 0.1) is 5.69 Å². The van der Waals surface area contributed by atoms with E-state index in [1.54, 1.807) is 6.20 Å². The Labute approximate surface area is 103 Å². The molecule has 1 fully saturated rings. The van der Waals surface area contributed by atoms with Crippen LogP contribution in [-0.2, 0) is 20.8 Å². The van der Waals surface area contributed by atoms with E-state index in [1.807, 2.05) is 6.92 Å². The molecule has 1 aliphatic heterocycles. The lowest BCUT2D eigenvalue weighted by atomic mass is 9.95. The van der Waals surface area contributed by atoms with E-state index in [0.29, 0.717) is 5.69 Å². The summed E-state index contributed by atoms with van der Waals surface area (Å²) >= 11 is 0. The number of carbonyl (C=O) groups is 3. The number of nitrogens with zero attached hydrogens (tertiary/aromatic N) is 1. The number of imide groups is 1. The van der Waals surface area contributed by atoms with E-state index in [1.165, 1.54) is 0 Å². The summed E-state index contributed by atoms with van der Waals surface area (Å²) in [4.78, 5) is 35.8. The first-order chi connectivity index (χ1) is 8.49. The molecule has 0 spiro atoms. The second-order valence-corrected chi connectivity index (χ2v) is 4.67. The highest BCUT2D eigenvalue weighted by Gasteiger charge is 2.39. The number of piperidine rings is 1. The van der Waals surface area contributed by atoms with Crippen molar-refractivity contribution < 1.29 is 19.5 Å². The molecular formula is C11H15N3O4. The number of H-pyrrole nitrogens is 2. The van der Waals surface area contributed by atoms with Crippen molar-refractivity contribution in [1.82, 2.24) is 15.1 Å². The fourth-order valence-corrected chi connectivity index (χ4v) is 2.13. The number of aliphatic carboxylic acids is 1. The van der Waals surface area contributed by atoms with Gasteiger partial charge in [-0.2, -0.15) is 0 Å². The molecule has 2 heterocycles. The highest BCUT2D eigenvalue weighted by molar-refractivity contribution is 6.01. The third kappa shape index (κ3) is 2.29. The van der Waals surface area contributed by atoms with Crippen molar-refractivity contribution in [2.75, 3.05) is 0 Å². The maximum absolute atomic E-state index is 11.8. The molecule has 1 unspecified atom stereocenters. The van der Waals surface area contributed by atoms with Gasteiger partial charge in [-0.1, -0.05) is 6.92 Å². The first-order valence-corrected chi connectivity index (χ1v) is 5.77. The number of carboxylic acid groups (broad SMARTS) is 1. The van der Waals surface area contributed by atoms with Gasteiger partial charge in [0.2, 0.25) is 11.8 Å². The summed E-state index contributed by atoms with van der Waals surface area (Å²) in [5, 5.41) is 14.5. The molecule has 0 aromatic carbocycles. The molecule has 2 rings (SSSR count). The van der Waals surface area contributed by atoms with Gasteiger partial charge in [-0.15, -0.1) is 0 Å². The van der Waals surface area contributed by atoms with E-state index in [2.05, 4.69) is 10.2 Å². The summed E-state index contributed by atoms with van der Waals surface area (Å²) in [5.74, 6) is -1.99. The third-order valence-corrected chi connectivity index (χ3v) is 3.07. The Morgan fingerprint density at radius 2 is 2.06 bits per heavy atom. The number of aromatic amines is 2. The molecule has 1 aromatic heterocycles. The summed E-state index contributed by atoms with van der Waals surface area (Å²) in [6.07, 6.45) is 2.16. The van der Waals surface area contributed by atoms with Gasteiger partial charge in [-0.3, -0.25) is 14.5 Å². The minimum atomic E-state index is -1.17. The Hall–Kier alpha value is -2.05. The number of aromatic nitrogens is 2. The smallest absolute Gasteiger partial charge is 0.327 e. The van der Waals surface area contributed by atoms with Crippen LogP contribution in [0.4, 0.5) is 0 Å². The predicted octanol–water partition coefficient (Wildman–Crippen LogP) is 0.124. The van der Waals surface area contributed by atoms with E-state index >= 15 is 0 Å². The first-order valence-electron chi connectivity index (χ1n) is 5.77. The number of rotatable bonds is 4. The van der Waals surface area contributed by atoms with Crippen LogP contribution in [0.1, 0.15) is 25.5 Å². The van der Waals surface area contributed by atoms with E-state index in [9.17, 15) is 19.5 Å². The second-order valence-electron chi connectivity index (χ2n) is 4.67. The lowest BCUT2D eigenvalue weighted by Gasteiger charge is -2.32. The predicted molar refractivity (Wildman–Crippen MR) is 60.5 cm³/mol. The molecule has 1 saturated heterocycles. The van der Waals surface area contributed by atoms with Gasteiger partial charge in [0, 0.05) is 25.5 Å². The highest BCUT2D eigenvalue weighted by atomic mass is 16.4. The number of hydrogen-bond donors (Lipinski definition) is 3. The summed E-state index contributed by atoms with van der Waals surface area (Å²) in [7, 11) is 0. The monoisotopic (exact) mass is 253 g/mol. The van der Waals surface area contributed by atoms with Crippen molar-refractivity contribution in [1.29, 1.82) is 0 Å². The molecule has 18 heavy (non-hydrogen) atoms. The van der Waals surface area contributed by atoms with E-state index in [-0.39, 0.29) is 25.2 Å². The fraction of sp³-hybridized carbons (Fsp3) is 0.545. The van der Waals surface area contributed by atoms with Crippen molar-refractivity contribution in [2.45, 2.75) is 32.2 Å². The van der Waals surface area contributed by atoms with E-state index in [0.717, 1.165) is 4.90 Å². The topological polar surface area (TPSA) is 106 Å². The maximum atomic E-state index is 11.8.